The molecule has 0 saturated heterocycles. The van der Waals surface area contributed by atoms with E-state index in [-0.39, 0.29) is 5.54 Å². The van der Waals surface area contributed by atoms with Gasteiger partial charge in [0.15, 0.2) is 0 Å². The summed E-state index contributed by atoms with van der Waals surface area (Å²) < 4.78 is 0. The molecule has 0 bridgehead atoms. The lowest BCUT2D eigenvalue weighted by molar-refractivity contribution is 0.372. The lowest BCUT2D eigenvalue weighted by Crippen LogP contribution is -2.41. The molecule has 21 heavy (non-hydrogen) atoms. The zero-order chi connectivity index (χ0) is 16.0. The Morgan fingerprint density at radius 3 is 2.43 bits per heavy atom. The number of likely N-dealkylation sites (N-methyl/N-ethyl adjacent to an activating group) is 2. The van der Waals surface area contributed by atoms with Crippen molar-refractivity contribution in [3.05, 3.63) is 18.1 Å². The molecule has 0 aliphatic heterocycles. The minimum Gasteiger partial charge on any atom is -0.352 e. The second-order valence-corrected chi connectivity index (χ2v) is 6.87. The normalized spacial score (nSPS) is 13.5. The van der Waals surface area contributed by atoms with Crippen molar-refractivity contribution < 1.29 is 0 Å². The Morgan fingerprint density at radius 1 is 1.24 bits per heavy atom. The molecule has 0 amide bonds. The SMILES string of the molecule is CCN(c1cncc(CNC(C)(C)C)n1)C(C)CN(C)C. The fourth-order valence-corrected chi connectivity index (χ4v) is 2.30. The van der Waals surface area contributed by atoms with Gasteiger partial charge in [0.2, 0.25) is 0 Å². The highest BCUT2D eigenvalue weighted by Crippen LogP contribution is 2.14. The number of hydrogen-bond donors (Lipinski definition) is 1. The Kier molecular flexibility index (Phi) is 6.55. The van der Waals surface area contributed by atoms with E-state index in [1.165, 1.54) is 0 Å². The van der Waals surface area contributed by atoms with Crippen LogP contribution in [0.25, 0.3) is 0 Å². The van der Waals surface area contributed by atoms with Crippen molar-refractivity contribution in [2.24, 2.45) is 0 Å². The Hall–Kier alpha value is -1.20. The minimum atomic E-state index is 0.0837. The average Bonchev–Trinajstić information content (AvgIpc) is 2.36. The standard InChI is InChI=1S/C16H31N5/c1-8-21(13(2)12-20(6)7)15-11-17-9-14(19-15)10-18-16(3,4)5/h9,11,13,18H,8,10,12H2,1-7H3. The van der Waals surface area contributed by atoms with Crippen LogP contribution in [-0.2, 0) is 6.54 Å². The van der Waals surface area contributed by atoms with Crippen molar-refractivity contribution in [1.82, 2.24) is 20.2 Å². The van der Waals surface area contributed by atoms with Crippen LogP contribution in [0, 0.1) is 0 Å². The summed E-state index contributed by atoms with van der Waals surface area (Å²) >= 11 is 0. The third kappa shape index (κ3) is 6.40. The van der Waals surface area contributed by atoms with Gasteiger partial charge in [0.1, 0.15) is 5.82 Å². The first-order valence-electron chi connectivity index (χ1n) is 7.70. The summed E-state index contributed by atoms with van der Waals surface area (Å²) in [5.74, 6) is 0.958. The van der Waals surface area contributed by atoms with Crippen LogP contribution >= 0.6 is 0 Å². The highest BCUT2D eigenvalue weighted by Gasteiger charge is 2.16. The molecule has 0 aliphatic rings. The van der Waals surface area contributed by atoms with E-state index in [0.29, 0.717) is 6.04 Å². The summed E-state index contributed by atoms with van der Waals surface area (Å²) in [4.78, 5) is 13.6. The summed E-state index contributed by atoms with van der Waals surface area (Å²) in [6.07, 6.45) is 3.70. The number of anilines is 1. The highest BCUT2D eigenvalue weighted by molar-refractivity contribution is 5.37. The number of hydrogen-bond acceptors (Lipinski definition) is 5. The average molecular weight is 293 g/mol. The monoisotopic (exact) mass is 293 g/mol. The maximum absolute atomic E-state index is 4.76. The van der Waals surface area contributed by atoms with E-state index < -0.39 is 0 Å². The predicted molar refractivity (Wildman–Crippen MR) is 89.7 cm³/mol. The molecule has 1 N–H and O–H groups in total. The lowest BCUT2D eigenvalue weighted by Gasteiger charge is -2.31. The van der Waals surface area contributed by atoms with Crippen molar-refractivity contribution in [2.45, 2.75) is 52.7 Å². The first kappa shape index (κ1) is 17.9. The zero-order valence-corrected chi connectivity index (χ0v) is 14.6. The summed E-state index contributed by atoms with van der Waals surface area (Å²) in [5, 5.41) is 3.45. The van der Waals surface area contributed by atoms with Crippen LogP contribution in [0.15, 0.2) is 12.4 Å². The van der Waals surface area contributed by atoms with Gasteiger partial charge in [-0.2, -0.15) is 0 Å². The molecule has 5 heteroatoms. The largest absolute Gasteiger partial charge is 0.352 e. The van der Waals surface area contributed by atoms with Crippen molar-refractivity contribution >= 4 is 5.82 Å². The van der Waals surface area contributed by atoms with Gasteiger partial charge in [0.25, 0.3) is 0 Å². The van der Waals surface area contributed by atoms with Gasteiger partial charge >= 0.3 is 0 Å². The summed E-state index contributed by atoms with van der Waals surface area (Å²) in [5.41, 5.74) is 1.07. The number of rotatable bonds is 7. The fraction of sp³-hybridized carbons (Fsp3) is 0.750. The predicted octanol–water partition coefficient (Wildman–Crippen LogP) is 2.14. The van der Waals surface area contributed by atoms with Gasteiger partial charge in [0, 0.05) is 37.4 Å². The molecule has 1 heterocycles. The van der Waals surface area contributed by atoms with Gasteiger partial charge in [-0.15, -0.1) is 0 Å². The van der Waals surface area contributed by atoms with Gasteiger partial charge in [-0.3, -0.25) is 4.98 Å². The van der Waals surface area contributed by atoms with Gasteiger partial charge in [0.05, 0.1) is 11.9 Å². The Morgan fingerprint density at radius 2 is 1.90 bits per heavy atom. The van der Waals surface area contributed by atoms with E-state index in [0.717, 1.165) is 31.1 Å². The van der Waals surface area contributed by atoms with Crippen LogP contribution in [0.4, 0.5) is 5.82 Å². The Labute approximate surface area is 129 Å². The second-order valence-electron chi connectivity index (χ2n) is 6.87. The first-order chi connectivity index (χ1) is 9.73. The second kappa shape index (κ2) is 7.71. The van der Waals surface area contributed by atoms with Gasteiger partial charge < -0.3 is 15.1 Å². The number of aromatic nitrogens is 2. The number of nitrogens with one attached hydrogen (secondary N) is 1. The van der Waals surface area contributed by atoms with Crippen LogP contribution in [-0.4, -0.2) is 53.6 Å². The molecule has 0 spiro atoms. The van der Waals surface area contributed by atoms with Crippen LogP contribution in [0.2, 0.25) is 0 Å². The first-order valence-corrected chi connectivity index (χ1v) is 7.70. The maximum Gasteiger partial charge on any atom is 0.147 e. The van der Waals surface area contributed by atoms with Crippen LogP contribution in [0.1, 0.15) is 40.3 Å². The molecule has 1 unspecified atom stereocenters. The smallest absolute Gasteiger partial charge is 0.147 e. The topological polar surface area (TPSA) is 44.3 Å². The van der Waals surface area contributed by atoms with Crippen molar-refractivity contribution in [1.29, 1.82) is 0 Å². The summed E-state index contributed by atoms with van der Waals surface area (Å²) in [7, 11) is 4.19. The van der Waals surface area contributed by atoms with Crippen LogP contribution < -0.4 is 10.2 Å². The van der Waals surface area contributed by atoms with Crippen molar-refractivity contribution in [3.63, 3.8) is 0 Å². The highest BCUT2D eigenvalue weighted by atomic mass is 15.2. The van der Waals surface area contributed by atoms with Crippen LogP contribution in [0.5, 0.6) is 0 Å². The molecule has 1 atom stereocenters. The maximum atomic E-state index is 4.76. The minimum absolute atomic E-state index is 0.0837. The zero-order valence-electron chi connectivity index (χ0n) is 14.6. The molecule has 0 aromatic carbocycles. The van der Waals surface area contributed by atoms with E-state index >= 15 is 0 Å². The van der Waals surface area contributed by atoms with Crippen molar-refractivity contribution in [3.8, 4) is 0 Å². The van der Waals surface area contributed by atoms with E-state index in [1.807, 2.05) is 12.4 Å². The molecule has 0 aliphatic carbocycles. The quantitative estimate of drug-likeness (QED) is 0.834. The summed E-state index contributed by atoms with van der Waals surface area (Å²) in [6, 6.07) is 0.408. The molecule has 0 radical (unpaired) electrons. The van der Waals surface area contributed by atoms with E-state index in [4.69, 9.17) is 4.98 Å². The molecule has 0 saturated carbocycles. The number of nitrogens with zero attached hydrogens (tertiary/aromatic N) is 4. The van der Waals surface area contributed by atoms with Crippen LogP contribution in [0.3, 0.4) is 0 Å². The lowest BCUT2D eigenvalue weighted by atomic mass is 10.1. The third-order valence-corrected chi connectivity index (χ3v) is 3.27. The van der Waals surface area contributed by atoms with Crippen molar-refractivity contribution in [2.75, 3.05) is 32.1 Å². The molecular formula is C16H31N5. The Balaban J connectivity index is 2.81. The van der Waals surface area contributed by atoms with Gasteiger partial charge in [-0.05, 0) is 48.7 Å². The molecule has 120 valence electrons. The van der Waals surface area contributed by atoms with E-state index in [2.05, 4.69) is 68.8 Å². The molecule has 5 nitrogen and oxygen atoms in total. The van der Waals surface area contributed by atoms with Gasteiger partial charge in [-0.1, -0.05) is 0 Å². The fourth-order valence-electron chi connectivity index (χ4n) is 2.30. The van der Waals surface area contributed by atoms with E-state index in [1.54, 1.807) is 0 Å². The third-order valence-electron chi connectivity index (χ3n) is 3.27. The molecule has 1 rings (SSSR count). The van der Waals surface area contributed by atoms with E-state index in [9.17, 15) is 0 Å². The molecule has 1 aromatic rings. The molecule has 0 fully saturated rings. The molecule has 1 aromatic heterocycles. The summed E-state index contributed by atoms with van der Waals surface area (Å²) in [6.45, 7) is 13.5. The molecular weight excluding hydrogens is 262 g/mol. The Bertz CT molecular complexity index is 425. The van der Waals surface area contributed by atoms with Gasteiger partial charge in [-0.25, -0.2) is 4.98 Å².